The van der Waals surface area contributed by atoms with Gasteiger partial charge in [-0.2, -0.15) is 0 Å². The lowest BCUT2D eigenvalue weighted by Gasteiger charge is -2.43. The van der Waals surface area contributed by atoms with Crippen molar-refractivity contribution in [3.8, 4) is 33.4 Å². The van der Waals surface area contributed by atoms with Gasteiger partial charge in [0.2, 0.25) is 0 Å². The summed E-state index contributed by atoms with van der Waals surface area (Å²) in [5.41, 5.74) is 19.0. The van der Waals surface area contributed by atoms with Gasteiger partial charge >= 0.3 is 0 Å². The van der Waals surface area contributed by atoms with Crippen LogP contribution in [0.15, 0.2) is 216 Å². The van der Waals surface area contributed by atoms with Crippen LogP contribution in [0.5, 0.6) is 0 Å². The Hall–Kier alpha value is -7.16. The van der Waals surface area contributed by atoms with E-state index < -0.39 is 5.41 Å². The highest BCUT2D eigenvalue weighted by Crippen LogP contribution is 2.65. The van der Waals surface area contributed by atoms with Crippen molar-refractivity contribution in [3.05, 3.63) is 234 Å². The monoisotopic (exact) mass is 727 g/mol. The molecule has 0 aliphatic heterocycles. The zero-order chi connectivity index (χ0) is 37.5. The Kier molecular flexibility index (Phi) is 7.00. The molecule has 0 fully saturated rings. The molecule has 3 aliphatic carbocycles. The Labute approximate surface area is 332 Å². The van der Waals surface area contributed by atoms with E-state index in [1.54, 1.807) is 0 Å². The highest BCUT2D eigenvalue weighted by molar-refractivity contribution is 6.13. The van der Waals surface area contributed by atoms with Crippen LogP contribution in [-0.2, 0) is 5.41 Å². The summed E-state index contributed by atoms with van der Waals surface area (Å²) in [6.07, 6.45) is 5.65. The number of anilines is 2. The van der Waals surface area contributed by atoms with E-state index in [9.17, 15) is 0 Å². The summed E-state index contributed by atoms with van der Waals surface area (Å²) >= 11 is 0. The van der Waals surface area contributed by atoms with E-state index >= 15 is 0 Å². The molecule has 0 saturated heterocycles. The number of furan rings is 1. The minimum absolute atomic E-state index is 0.00734. The van der Waals surface area contributed by atoms with Crippen LogP contribution in [0.4, 0.5) is 11.4 Å². The fourth-order valence-electron chi connectivity index (χ4n) is 10.3. The molecule has 2 heteroatoms. The molecule has 0 amide bonds. The summed E-state index contributed by atoms with van der Waals surface area (Å²) in [6, 6.07) is 71.1. The predicted molar refractivity (Wildman–Crippen MR) is 236 cm³/mol. The molecule has 268 valence electrons. The molecule has 2 atom stereocenters. The molecule has 2 unspecified atom stereocenters. The Morgan fingerprint density at radius 3 is 1.67 bits per heavy atom. The van der Waals surface area contributed by atoms with E-state index in [2.05, 4.69) is 211 Å². The Bertz CT molecular complexity index is 3000. The van der Waals surface area contributed by atoms with Crippen molar-refractivity contribution >= 4 is 38.9 Å². The van der Waals surface area contributed by atoms with Crippen LogP contribution in [0.25, 0.3) is 60.9 Å². The number of rotatable bonds is 5. The first-order valence-corrected chi connectivity index (χ1v) is 19.9. The van der Waals surface area contributed by atoms with Gasteiger partial charge in [0.1, 0.15) is 11.2 Å². The van der Waals surface area contributed by atoms with Crippen molar-refractivity contribution in [1.29, 1.82) is 0 Å². The fourth-order valence-corrected chi connectivity index (χ4v) is 10.3. The highest BCUT2D eigenvalue weighted by atomic mass is 16.3. The highest BCUT2D eigenvalue weighted by Gasteiger charge is 2.56. The van der Waals surface area contributed by atoms with Crippen LogP contribution in [0.1, 0.15) is 28.7 Å². The lowest BCUT2D eigenvalue weighted by molar-refractivity contribution is 0.633. The number of para-hydroxylation sites is 1. The maximum atomic E-state index is 6.85. The maximum absolute atomic E-state index is 6.85. The number of fused-ring (bicyclic) bond motifs is 13. The smallest absolute Gasteiger partial charge is 0.143 e. The summed E-state index contributed by atoms with van der Waals surface area (Å²) in [6.45, 7) is 0. The molecule has 2 nitrogen and oxygen atoms in total. The lowest BCUT2D eigenvalue weighted by atomic mass is 9.66. The van der Waals surface area contributed by atoms with Gasteiger partial charge in [0.05, 0.1) is 11.5 Å². The number of hydrogen-bond donors (Lipinski definition) is 0. The van der Waals surface area contributed by atoms with Crippen molar-refractivity contribution in [2.75, 3.05) is 4.90 Å². The molecule has 9 aromatic rings. The largest absolute Gasteiger partial charge is 0.455 e. The molecule has 0 radical (unpaired) electrons. The Morgan fingerprint density at radius 2 is 1.00 bits per heavy atom. The number of hydrogen-bond acceptors (Lipinski definition) is 2. The zero-order valence-electron chi connectivity index (χ0n) is 31.3. The fraction of sp³-hybridized carbons (Fsp3) is 0.0545. The van der Waals surface area contributed by atoms with Gasteiger partial charge in [0, 0.05) is 27.7 Å². The first-order valence-electron chi connectivity index (χ1n) is 19.9. The maximum Gasteiger partial charge on any atom is 0.143 e. The SMILES string of the molecule is C1=CC2=C(C(N(c3ccc(-c4ccccc4)cc3)c3ccc(-c4ccccc4)cc3)C1)C1(c3ccccc32)c2ccccc2-c2c1ccc1c2oc2ccccc21. The van der Waals surface area contributed by atoms with Gasteiger partial charge in [-0.15, -0.1) is 0 Å². The molecule has 3 aliphatic rings. The summed E-state index contributed by atoms with van der Waals surface area (Å²) in [5.74, 6) is 0. The molecule has 0 N–H and O–H groups in total. The van der Waals surface area contributed by atoms with Crippen LogP contribution >= 0.6 is 0 Å². The second-order valence-corrected chi connectivity index (χ2v) is 15.5. The topological polar surface area (TPSA) is 16.4 Å². The molecule has 0 saturated carbocycles. The van der Waals surface area contributed by atoms with Crippen molar-refractivity contribution in [2.24, 2.45) is 0 Å². The third kappa shape index (κ3) is 4.59. The predicted octanol–water partition coefficient (Wildman–Crippen LogP) is 14.2. The van der Waals surface area contributed by atoms with Crippen molar-refractivity contribution in [2.45, 2.75) is 17.9 Å². The third-order valence-corrected chi connectivity index (χ3v) is 12.7. The number of benzene rings is 8. The summed E-state index contributed by atoms with van der Waals surface area (Å²) in [5, 5.41) is 2.32. The van der Waals surface area contributed by atoms with E-state index in [1.807, 2.05) is 0 Å². The molecule has 1 aromatic heterocycles. The van der Waals surface area contributed by atoms with Gasteiger partial charge in [0.25, 0.3) is 0 Å². The molecule has 8 aromatic carbocycles. The van der Waals surface area contributed by atoms with E-state index in [0.29, 0.717) is 0 Å². The Balaban J connectivity index is 1.11. The zero-order valence-corrected chi connectivity index (χ0v) is 31.3. The first-order chi connectivity index (χ1) is 28.3. The van der Waals surface area contributed by atoms with E-state index in [0.717, 1.165) is 28.4 Å². The summed E-state index contributed by atoms with van der Waals surface area (Å²) < 4.78 is 6.85. The Morgan fingerprint density at radius 1 is 0.456 bits per heavy atom. The van der Waals surface area contributed by atoms with Gasteiger partial charge in [-0.25, -0.2) is 0 Å². The van der Waals surface area contributed by atoms with Crippen LogP contribution in [0.3, 0.4) is 0 Å². The molecular formula is C55H37NO. The van der Waals surface area contributed by atoms with Gasteiger partial charge in [-0.1, -0.05) is 176 Å². The van der Waals surface area contributed by atoms with E-state index in [-0.39, 0.29) is 6.04 Å². The van der Waals surface area contributed by atoms with E-state index in [1.165, 1.54) is 78.2 Å². The second-order valence-electron chi connectivity index (χ2n) is 15.5. The molecule has 1 heterocycles. The quantitative estimate of drug-likeness (QED) is 0.175. The molecule has 12 rings (SSSR count). The minimum Gasteiger partial charge on any atom is -0.455 e. The van der Waals surface area contributed by atoms with Crippen molar-refractivity contribution < 1.29 is 4.42 Å². The first kappa shape index (κ1) is 32.1. The standard InChI is InChI=1S/C55H37NO/c1-3-14-36(15-4-1)38-26-30-40(31-27-38)56(41-32-28-39(29-33-41)37-16-5-2-6-17-37)50-24-13-21-44-42-18-7-10-22-47(42)55(53(44)50)48-23-11-8-20-46(48)52-49(55)35-34-45-43-19-9-12-25-51(43)57-54(45)52/h1-23,25-35,50H,24H2. The van der Waals surface area contributed by atoms with Crippen LogP contribution in [0.2, 0.25) is 0 Å². The van der Waals surface area contributed by atoms with Gasteiger partial charge in [-0.05, 0) is 98.0 Å². The number of nitrogens with zero attached hydrogens (tertiary/aromatic N) is 1. The summed E-state index contributed by atoms with van der Waals surface area (Å²) in [7, 11) is 0. The second kappa shape index (κ2) is 12.4. The van der Waals surface area contributed by atoms with E-state index in [4.69, 9.17) is 4.42 Å². The van der Waals surface area contributed by atoms with Crippen molar-refractivity contribution in [3.63, 3.8) is 0 Å². The average Bonchev–Trinajstić information content (AvgIpc) is 3.92. The van der Waals surface area contributed by atoms with Crippen LogP contribution in [0, 0.1) is 0 Å². The molecular weight excluding hydrogens is 691 g/mol. The van der Waals surface area contributed by atoms with Gasteiger partial charge in [0.15, 0.2) is 0 Å². The molecule has 57 heavy (non-hydrogen) atoms. The number of allylic oxidation sites excluding steroid dienone is 2. The van der Waals surface area contributed by atoms with Crippen LogP contribution in [-0.4, -0.2) is 6.04 Å². The van der Waals surface area contributed by atoms with Crippen molar-refractivity contribution in [1.82, 2.24) is 0 Å². The average molecular weight is 728 g/mol. The normalized spacial score (nSPS) is 17.5. The summed E-state index contributed by atoms with van der Waals surface area (Å²) in [4.78, 5) is 2.61. The minimum atomic E-state index is -0.521. The molecule has 1 spiro atoms. The van der Waals surface area contributed by atoms with Gasteiger partial charge < -0.3 is 9.32 Å². The van der Waals surface area contributed by atoms with Gasteiger partial charge in [-0.3, -0.25) is 0 Å². The third-order valence-electron chi connectivity index (χ3n) is 12.7. The van der Waals surface area contributed by atoms with Crippen LogP contribution < -0.4 is 4.90 Å². The molecule has 0 bridgehead atoms. The lowest BCUT2D eigenvalue weighted by Crippen LogP contribution is -2.42.